The lowest BCUT2D eigenvalue weighted by Gasteiger charge is -2.23. The standard InChI is InChI=1S/C15H25N3/c1-3-9-18(10-4-2)15-11-13(7-8-16-15)12-17-14-5-6-14/h7-8,11,14,17H,3-6,9-10,12H2,1-2H3. The number of nitrogens with zero attached hydrogens (tertiary/aromatic N) is 2. The quantitative estimate of drug-likeness (QED) is 0.765. The summed E-state index contributed by atoms with van der Waals surface area (Å²) in [4.78, 5) is 6.91. The zero-order chi connectivity index (χ0) is 12.8. The minimum absolute atomic E-state index is 0.768. The molecule has 0 atom stereocenters. The molecule has 100 valence electrons. The Kier molecular flexibility index (Phi) is 5.00. The molecule has 18 heavy (non-hydrogen) atoms. The number of nitrogens with one attached hydrogen (secondary N) is 1. The molecule has 0 bridgehead atoms. The van der Waals surface area contributed by atoms with Crippen LogP contribution in [0.2, 0.25) is 0 Å². The molecule has 0 saturated heterocycles. The van der Waals surface area contributed by atoms with Gasteiger partial charge in [-0.15, -0.1) is 0 Å². The number of anilines is 1. The average molecular weight is 247 g/mol. The summed E-state index contributed by atoms with van der Waals surface area (Å²) in [6.45, 7) is 7.62. The first kappa shape index (κ1) is 13.3. The SMILES string of the molecule is CCCN(CCC)c1cc(CNC2CC2)ccn1. The van der Waals surface area contributed by atoms with E-state index in [1.54, 1.807) is 0 Å². The van der Waals surface area contributed by atoms with Crippen molar-refractivity contribution in [3.8, 4) is 0 Å². The molecule has 1 fully saturated rings. The third-order valence-electron chi connectivity index (χ3n) is 3.29. The zero-order valence-corrected chi connectivity index (χ0v) is 11.7. The molecule has 0 aromatic carbocycles. The number of pyridine rings is 1. The highest BCUT2D eigenvalue weighted by Gasteiger charge is 2.20. The van der Waals surface area contributed by atoms with Crippen LogP contribution in [-0.2, 0) is 6.54 Å². The summed E-state index contributed by atoms with van der Waals surface area (Å²) in [5, 5.41) is 3.56. The lowest BCUT2D eigenvalue weighted by Crippen LogP contribution is -2.26. The molecule has 0 amide bonds. The molecule has 0 radical (unpaired) electrons. The molecule has 2 rings (SSSR count). The summed E-state index contributed by atoms with van der Waals surface area (Å²) in [5.74, 6) is 1.13. The monoisotopic (exact) mass is 247 g/mol. The van der Waals surface area contributed by atoms with Gasteiger partial charge in [0.2, 0.25) is 0 Å². The van der Waals surface area contributed by atoms with Gasteiger partial charge in [-0.05, 0) is 43.4 Å². The molecular weight excluding hydrogens is 222 g/mol. The maximum Gasteiger partial charge on any atom is 0.128 e. The number of rotatable bonds is 8. The average Bonchev–Trinajstić information content (AvgIpc) is 3.21. The topological polar surface area (TPSA) is 28.2 Å². The Balaban J connectivity index is 1.98. The molecule has 1 saturated carbocycles. The van der Waals surface area contributed by atoms with E-state index in [1.807, 2.05) is 6.20 Å². The molecule has 1 aromatic rings. The first-order chi connectivity index (χ1) is 8.83. The van der Waals surface area contributed by atoms with E-state index in [9.17, 15) is 0 Å². The van der Waals surface area contributed by atoms with E-state index in [-0.39, 0.29) is 0 Å². The second kappa shape index (κ2) is 6.74. The van der Waals surface area contributed by atoms with Gasteiger partial charge in [0.05, 0.1) is 0 Å². The summed E-state index contributed by atoms with van der Waals surface area (Å²) >= 11 is 0. The fraction of sp³-hybridized carbons (Fsp3) is 0.667. The molecule has 0 spiro atoms. The van der Waals surface area contributed by atoms with Crippen LogP contribution in [0, 0.1) is 0 Å². The predicted molar refractivity (Wildman–Crippen MR) is 76.9 cm³/mol. The van der Waals surface area contributed by atoms with Crippen LogP contribution in [-0.4, -0.2) is 24.1 Å². The normalized spacial score (nSPS) is 14.8. The lowest BCUT2D eigenvalue weighted by molar-refractivity contribution is 0.684. The predicted octanol–water partition coefficient (Wildman–Crippen LogP) is 2.96. The van der Waals surface area contributed by atoms with E-state index in [1.165, 1.54) is 31.2 Å². The smallest absolute Gasteiger partial charge is 0.128 e. The van der Waals surface area contributed by atoms with Crippen LogP contribution in [0.3, 0.4) is 0 Å². The van der Waals surface area contributed by atoms with Gasteiger partial charge >= 0.3 is 0 Å². The molecule has 1 aromatic heterocycles. The third kappa shape index (κ3) is 3.98. The van der Waals surface area contributed by atoms with E-state index in [0.29, 0.717) is 0 Å². The molecule has 3 nitrogen and oxygen atoms in total. The van der Waals surface area contributed by atoms with E-state index < -0.39 is 0 Å². The Morgan fingerprint density at radius 2 is 2.00 bits per heavy atom. The van der Waals surface area contributed by atoms with E-state index >= 15 is 0 Å². The van der Waals surface area contributed by atoms with Crippen molar-refractivity contribution < 1.29 is 0 Å². The Morgan fingerprint density at radius 1 is 1.28 bits per heavy atom. The van der Waals surface area contributed by atoms with Gasteiger partial charge in [0.25, 0.3) is 0 Å². The van der Waals surface area contributed by atoms with Crippen LogP contribution in [0.25, 0.3) is 0 Å². The van der Waals surface area contributed by atoms with Gasteiger partial charge in [-0.25, -0.2) is 4.98 Å². The molecule has 1 heterocycles. The molecule has 3 heteroatoms. The number of hydrogen-bond donors (Lipinski definition) is 1. The van der Waals surface area contributed by atoms with Gasteiger partial charge in [-0.2, -0.15) is 0 Å². The highest BCUT2D eigenvalue weighted by Crippen LogP contribution is 2.20. The Labute approximate surface area is 111 Å². The van der Waals surface area contributed by atoms with Crippen LogP contribution in [0.5, 0.6) is 0 Å². The minimum atomic E-state index is 0.768. The molecule has 1 N–H and O–H groups in total. The van der Waals surface area contributed by atoms with Gasteiger partial charge in [0.15, 0.2) is 0 Å². The molecule has 1 aliphatic rings. The lowest BCUT2D eigenvalue weighted by atomic mass is 10.2. The fourth-order valence-electron chi connectivity index (χ4n) is 2.17. The number of aromatic nitrogens is 1. The fourth-order valence-corrected chi connectivity index (χ4v) is 2.17. The molecule has 0 unspecified atom stereocenters. The van der Waals surface area contributed by atoms with Crippen molar-refractivity contribution in [2.75, 3.05) is 18.0 Å². The van der Waals surface area contributed by atoms with Gasteiger partial charge in [-0.3, -0.25) is 0 Å². The molecule has 0 aliphatic heterocycles. The first-order valence-corrected chi connectivity index (χ1v) is 7.26. The summed E-state index contributed by atoms with van der Waals surface area (Å²) in [7, 11) is 0. The van der Waals surface area contributed by atoms with Crippen LogP contribution in [0.15, 0.2) is 18.3 Å². The highest BCUT2D eigenvalue weighted by atomic mass is 15.2. The van der Waals surface area contributed by atoms with Crippen molar-refractivity contribution in [3.63, 3.8) is 0 Å². The van der Waals surface area contributed by atoms with E-state index in [0.717, 1.165) is 31.5 Å². The van der Waals surface area contributed by atoms with Crippen LogP contribution in [0.1, 0.15) is 45.1 Å². The van der Waals surface area contributed by atoms with E-state index in [2.05, 4.69) is 41.2 Å². The van der Waals surface area contributed by atoms with Gasteiger partial charge in [-0.1, -0.05) is 13.8 Å². The first-order valence-electron chi connectivity index (χ1n) is 7.26. The van der Waals surface area contributed by atoms with Crippen molar-refractivity contribution in [1.29, 1.82) is 0 Å². The summed E-state index contributed by atoms with van der Waals surface area (Å²) in [6.07, 6.45) is 6.97. The second-order valence-electron chi connectivity index (χ2n) is 5.16. The van der Waals surface area contributed by atoms with Gasteiger partial charge in [0, 0.05) is 31.9 Å². The van der Waals surface area contributed by atoms with E-state index in [4.69, 9.17) is 0 Å². The third-order valence-corrected chi connectivity index (χ3v) is 3.29. The van der Waals surface area contributed by atoms with Crippen molar-refractivity contribution in [2.24, 2.45) is 0 Å². The maximum absolute atomic E-state index is 4.52. The summed E-state index contributed by atoms with van der Waals surface area (Å²) in [6, 6.07) is 5.12. The van der Waals surface area contributed by atoms with Crippen molar-refractivity contribution in [3.05, 3.63) is 23.9 Å². The van der Waals surface area contributed by atoms with Crippen LogP contribution in [0.4, 0.5) is 5.82 Å². The largest absolute Gasteiger partial charge is 0.357 e. The number of hydrogen-bond acceptors (Lipinski definition) is 3. The minimum Gasteiger partial charge on any atom is -0.357 e. The van der Waals surface area contributed by atoms with Crippen molar-refractivity contribution in [1.82, 2.24) is 10.3 Å². The van der Waals surface area contributed by atoms with Crippen molar-refractivity contribution in [2.45, 2.75) is 52.1 Å². The van der Waals surface area contributed by atoms with Crippen LogP contribution >= 0.6 is 0 Å². The Hall–Kier alpha value is -1.09. The molecule has 1 aliphatic carbocycles. The Bertz CT molecular complexity index is 355. The van der Waals surface area contributed by atoms with Gasteiger partial charge < -0.3 is 10.2 Å². The summed E-state index contributed by atoms with van der Waals surface area (Å²) in [5.41, 5.74) is 1.35. The van der Waals surface area contributed by atoms with Gasteiger partial charge in [0.1, 0.15) is 5.82 Å². The Morgan fingerprint density at radius 3 is 2.61 bits per heavy atom. The molecular formula is C15H25N3. The van der Waals surface area contributed by atoms with Crippen LogP contribution < -0.4 is 10.2 Å². The zero-order valence-electron chi connectivity index (χ0n) is 11.7. The highest BCUT2D eigenvalue weighted by molar-refractivity contribution is 5.40. The van der Waals surface area contributed by atoms with Crippen molar-refractivity contribution >= 4 is 5.82 Å². The second-order valence-corrected chi connectivity index (χ2v) is 5.16. The maximum atomic E-state index is 4.52. The summed E-state index contributed by atoms with van der Waals surface area (Å²) < 4.78 is 0.